The van der Waals surface area contributed by atoms with Crippen molar-refractivity contribution in [2.24, 2.45) is 5.92 Å². The fourth-order valence-electron chi connectivity index (χ4n) is 1.95. The van der Waals surface area contributed by atoms with E-state index in [0.29, 0.717) is 18.4 Å². The molecule has 1 atom stereocenters. The van der Waals surface area contributed by atoms with Crippen molar-refractivity contribution in [2.45, 2.75) is 45.6 Å². The number of carbonyl (C=O) groups is 1. The molecule has 2 N–H and O–H groups in total. The highest BCUT2D eigenvalue weighted by Gasteiger charge is 2.15. The summed E-state index contributed by atoms with van der Waals surface area (Å²) in [6.45, 7) is 7.73. The third-order valence-corrected chi connectivity index (χ3v) is 2.83. The van der Waals surface area contributed by atoms with E-state index in [1.54, 1.807) is 0 Å². The average molecular weight is 242 g/mol. The lowest BCUT2D eigenvalue weighted by molar-refractivity contribution is -0.121. The first-order chi connectivity index (χ1) is 8.18. The summed E-state index contributed by atoms with van der Waals surface area (Å²) >= 11 is 0. The lowest BCUT2D eigenvalue weighted by Crippen LogP contribution is -2.33. The largest absolute Gasteiger partial charge is 0.381 e. The monoisotopic (exact) mass is 242 g/mol. The summed E-state index contributed by atoms with van der Waals surface area (Å²) in [5.41, 5.74) is 0. The number of nitrogens with one attached hydrogen (secondary N) is 2. The van der Waals surface area contributed by atoms with Gasteiger partial charge in [-0.3, -0.25) is 4.79 Å². The Morgan fingerprint density at radius 1 is 1.53 bits per heavy atom. The van der Waals surface area contributed by atoms with Crippen molar-refractivity contribution in [3.63, 3.8) is 0 Å². The molecular formula is C13H26N2O2. The molecule has 0 aromatic carbocycles. The van der Waals surface area contributed by atoms with Gasteiger partial charge < -0.3 is 15.4 Å². The molecule has 0 saturated carbocycles. The lowest BCUT2D eigenvalue weighted by atomic mass is 10.1. The highest BCUT2D eigenvalue weighted by Crippen LogP contribution is 2.05. The van der Waals surface area contributed by atoms with Gasteiger partial charge in [-0.05, 0) is 31.7 Å². The molecule has 1 heterocycles. The van der Waals surface area contributed by atoms with E-state index in [1.165, 1.54) is 0 Å². The third-order valence-electron chi connectivity index (χ3n) is 2.83. The fraction of sp³-hybridized carbons (Fsp3) is 0.923. The van der Waals surface area contributed by atoms with Crippen LogP contribution in [0.4, 0.5) is 0 Å². The minimum atomic E-state index is 0.177. The van der Waals surface area contributed by atoms with Crippen LogP contribution in [0, 0.1) is 5.92 Å². The predicted molar refractivity (Wildman–Crippen MR) is 68.9 cm³/mol. The van der Waals surface area contributed by atoms with Crippen LogP contribution < -0.4 is 10.6 Å². The van der Waals surface area contributed by atoms with Gasteiger partial charge in [0.25, 0.3) is 0 Å². The van der Waals surface area contributed by atoms with E-state index in [1.807, 2.05) is 0 Å². The number of hydrogen-bond acceptors (Lipinski definition) is 3. The molecule has 17 heavy (non-hydrogen) atoms. The van der Waals surface area contributed by atoms with Gasteiger partial charge in [-0.1, -0.05) is 13.8 Å². The first-order valence-corrected chi connectivity index (χ1v) is 6.76. The standard InChI is InChI=1S/C13H26N2O2/c1-11(2)10-17-8-4-7-14-12-5-3-6-15-13(16)9-12/h11-12,14H,3-10H2,1-2H3,(H,15,16). The molecule has 1 fully saturated rings. The molecule has 0 spiro atoms. The maximum absolute atomic E-state index is 11.3. The van der Waals surface area contributed by atoms with Crippen molar-refractivity contribution in [1.29, 1.82) is 0 Å². The molecule has 0 aromatic heterocycles. The van der Waals surface area contributed by atoms with Crippen molar-refractivity contribution in [3.8, 4) is 0 Å². The molecule has 1 rings (SSSR count). The predicted octanol–water partition coefficient (Wildman–Crippen LogP) is 1.31. The molecule has 100 valence electrons. The van der Waals surface area contributed by atoms with Gasteiger partial charge in [0.1, 0.15) is 0 Å². The Morgan fingerprint density at radius 2 is 2.35 bits per heavy atom. The molecule has 4 heteroatoms. The van der Waals surface area contributed by atoms with E-state index in [9.17, 15) is 4.79 Å². The van der Waals surface area contributed by atoms with Gasteiger partial charge in [-0.2, -0.15) is 0 Å². The van der Waals surface area contributed by atoms with Crippen molar-refractivity contribution in [2.75, 3.05) is 26.3 Å². The quantitative estimate of drug-likeness (QED) is 0.662. The van der Waals surface area contributed by atoms with E-state index in [0.717, 1.165) is 45.6 Å². The second-order valence-electron chi connectivity index (χ2n) is 5.17. The van der Waals surface area contributed by atoms with Gasteiger partial charge in [0, 0.05) is 32.2 Å². The van der Waals surface area contributed by atoms with Crippen LogP contribution in [0.2, 0.25) is 0 Å². The lowest BCUT2D eigenvalue weighted by Gasteiger charge is -2.15. The molecule has 1 unspecified atom stereocenters. The van der Waals surface area contributed by atoms with E-state index < -0.39 is 0 Å². The number of ether oxygens (including phenoxy) is 1. The maximum Gasteiger partial charge on any atom is 0.221 e. The van der Waals surface area contributed by atoms with Crippen LogP contribution in [0.15, 0.2) is 0 Å². The number of amides is 1. The van der Waals surface area contributed by atoms with Crippen molar-refractivity contribution < 1.29 is 9.53 Å². The number of hydrogen-bond donors (Lipinski definition) is 2. The Morgan fingerprint density at radius 3 is 3.12 bits per heavy atom. The van der Waals surface area contributed by atoms with Crippen LogP contribution in [-0.4, -0.2) is 38.3 Å². The van der Waals surface area contributed by atoms with Crippen LogP contribution >= 0.6 is 0 Å². The van der Waals surface area contributed by atoms with Crippen LogP contribution in [-0.2, 0) is 9.53 Å². The first kappa shape index (κ1) is 14.5. The Hall–Kier alpha value is -0.610. The Bertz CT molecular complexity index is 219. The SMILES string of the molecule is CC(C)COCCCNC1CCCNC(=O)C1. The van der Waals surface area contributed by atoms with Gasteiger partial charge in [-0.15, -0.1) is 0 Å². The molecule has 1 aliphatic rings. The van der Waals surface area contributed by atoms with Crippen LogP contribution in [0.25, 0.3) is 0 Å². The molecule has 0 aromatic rings. The topological polar surface area (TPSA) is 50.4 Å². The van der Waals surface area contributed by atoms with Crippen LogP contribution in [0.1, 0.15) is 39.5 Å². The molecule has 0 bridgehead atoms. The molecule has 0 radical (unpaired) electrons. The molecule has 1 amide bonds. The van der Waals surface area contributed by atoms with Crippen LogP contribution in [0.5, 0.6) is 0 Å². The zero-order chi connectivity index (χ0) is 12.5. The summed E-state index contributed by atoms with van der Waals surface area (Å²) in [5, 5.41) is 6.33. The number of rotatable bonds is 7. The summed E-state index contributed by atoms with van der Waals surface area (Å²) in [7, 11) is 0. The first-order valence-electron chi connectivity index (χ1n) is 6.76. The number of carbonyl (C=O) groups excluding carboxylic acids is 1. The molecule has 4 nitrogen and oxygen atoms in total. The van der Waals surface area contributed by atoms with Crippen molar-refractivity contribution >= 4 is 5.91 Å². The summed E-state index contributed by atoms with van der Waals surface area (Å²) in [4.78, 5) is 11.3. The highest BCUT2D eigenvalue weighted by atomic mass is 16.5. The Labute approximate surface area is 104 Å². The van der Waals surface area contributed by atoms with Gasteiger partial charge in [-0.25, -0.2) is 0 Å². The summed E-state index contributed by atoms with van der Waals surface area (Å²) < 4.78 is 5.51. The van der Waals surface area contributed by atoms with Gasteiger partial charge >= 0.3 is 0 Å². The van der Waals surface area contributed by atoms with Gasteiger partial charge in [0.05, 0.1) is 0 Å². The van der Waals surface area contributed by atoms with E-state index in [2.05, 4.69) is 24.5 Å². The smallest absolute Gasteiger partial charge is 0.221 e. The minimum absolute atomic E-state index is 0.177. The third kappa shape index (κ3) is 7.34. The summed E-state index contributed by atoms with van der Waals surface area (Å²) in [6.07, 6.45) is 3.80. The summed E-state index contributed by atoms with van der Waals surface area (Å²) in [5.74, 6) is 0.782. The van der Waals surface area contributed by atoms with Gasteiger partial charge in [0.15, 0.2) is 0 Å². The molecule has 1 aliphatic heterocycles. The zero-order valence-corrected chi connectivity index (χ0v) is 11.1. The Balaban J connectivity index is 1.99. The van der Waals surface area contributed by atoms with Crippen molar-refractivity contribution in [1.82, 2.24) is 10.6 Å². The molecule has 0 aliphatic carbocycles. The van der Waals surface area contributed by atoms with Crippen LogP contribution in [0.3, 0.4) is 0 Å². The van der Waals surface area contributed by atoms with Gasteiger partial charge in [0.2, 0.25) is 5.91 Å². The maximum atomic E-state index is 11.3. The molecular weight excluding hydrogens is 216 g/mol. The minimum Gasteiger partial charge on any atom is -0.381 e. The van der Waals surface area contributed by atoms with E-state index in [-0.39, 0.29) is 5.91 Å². The van der Waals surface area contributed by atoms with Crippen molar-refractivity contribution in [3.05, 3.63) is 0 Å². The second-order valence-corrected chi connectivity index (χ2v) is 5.17. The zero-order valence-electron chi connectivity index (χ0n) is 11.1. The fourth-order valence-corrected chi connectivity index (χ4v) is 1.95. The summed E-state index contributed by atoms with van der Waals surface area (Å²) in [6, 6.07) is 0.350. The highest BCUT2D eigenvalue weighted by molar-refractivity contribution is 5.76. The Kier molecular flexibility index (Phi) is 7.21. The van der Waals surface area contributed by atoms with E-state index in [4.69, 9.17) is 4.74 Å². The van der Waals surface area contributed by atoms with E-state index >= 15 is 0 Å². The average Bonchev–Trinajstić information content (AvgIpc) is 2.47. The molecule has 1 saturated heterocycles. The second kappa shape index (κ2) is 8.48. The normalized spacial score (nSPS) is 21.4.